The monoisotopic (exact) mass is 427 g/mol. The highest BCUT2D eigenvalue weighted by atomic mass is 16.4. The fourth-order valence-electron chi connectivity index (χ4n) is 3.05. The van der Waals surface area contributed by atoms with Crippen molar-refractivity contribution in [3.63, 3.8) is 0 Å². The Morgan fingerprint density at radius 1 is 1.19 bits per heavy atom. The molecule has 0 saturated carbocycles. The van der Waals surface area contributed by atoms with E-state index in [0.29, 0.717) is 24.2 Å². The summed E-state index contributed by atoms with van der Waals surface area (Å²) in [6.45, 7) is 10.4. The Labute approximate surface area is 181 Å². The lowest BCUT2D eigenvalue weighted by molar-refractivity contribution is -0.114. The molecule has 0 fully saturated rings. The number of benzene rings is 1. The van der Waals surface area contributed by atoms with Gasteiger partial charge in [0.1, 0.15) is 5.76 Å². The molecule has 0 radical (unpaired) electrons. The molecule has 0 bridgehead atoms. The summed E-state index contributed by atoms with van der Waals surface area (Å²) < 4.78 is 5.61. The summed E-state index contributed by atoms with van der Waals surface area (Å²) in [5.74, 6) is -1.10. The second kappa shape index (κ2) is 10.5. The number of carbonyl (C=O) groups is 2. The molecule has 9 heteroatoms. The molecule has 166 valence electrons. The lowest BCUT2D eigenvalue weighted by Gasteiger charge is -2.22. The second-order valence-corrected chi connectivity index (χ2v) is 7.16. The number of hydrogen-bond donors (Lipinski definition) is 3. The summed E-state index contributed by atoms with van der Waals surface area (Å²) in [7, 11) is 0. The smallest absolute Gasteiger partial charge is 0.253 e. The molecule has 2 amide bonds. The molecule has 1 aromatic carbocycles. The Balaban J connectivity index is 2.68. The van der Waals surface area contributed by atoms with Crippen molar-refractivity contribution in [2.45, 2.75) is 39.7 Å². The number of hydrogen-bond acceptors (Lipinski definition) is 7. The van der Waals surface area contributed by atoms with E-state index < -0.39 is 17.7 Å². The Morgan fingerprint density at radius 3 is 2.29 bits per heavy atom. The number of aliphatic hydroxyl groups excluding tert-OH is 1. The van der Waals surface area contributed by atoms with Gasteiger partial charge in [-0.1, -0.05) is 26.5 Å². The van der Waals surface area contributed by atoms with Crippen LogP contribution in [0.2, 0.25) is 0 Å². The molecule has 2 aromatic rings. The molecule has 9 nitrogen and oxygen atoms in total. The van der Waals surface area contributed by atoms with Crippen molar-refractivity contribution >= 4 is 17.6 Å². The summed E-state index contributed by atoms with van der Waals surface area (Å²) in [6, 6.07) is 4.16. The molecule has 1 atom stereocenters. The standard InChI is InChI=1S/C22H29N5O4/c1-5-8-27(9-6-2)22(30)16-11-14(18(28)17(7-3)19(24)29)10-15(12-16)21-26-25-20(31-21)13(4)23/h7,10-13,28H,3,5-6,8-9,23H2,1-2,4H3,(H2,24,29)/b18-17+. The van der Waals surface area contributed by atoms with Gasteiger partial charge in [0, 0.05) is 29.8 Å². The van der Waals surface area contributed by atoms with Gasteiger partial charge in [-0.25, -0.2) is 0 Å². The third kappa shape index (κ3) is 5.58. The van der Waals surface area contributed by atoms with Gasteiger partial charge in [-0.15, -0.1) is 10.2 Å². The average molecular weight is 428 g/mol. The molecule has 5 N–H and O–H groups in total. The number of nitrogens with two attached hydrogens (primary N) is 2. The van der Waals surface area contributed by atoms with Gasteiger partial charge >= 0.3 is 0 Å². The first-order valence-corrected chi connectivity index (χ1v) is 10.1. The summed E-state index contributed by atoms with van der Waals surface area (Å²) in [4.78, 5) is 26.6. The molecule has 31 heavy (non-hydrogen) atoms. The van der Waals surface area contributed by atoms with Crippen molar-refractivity contribution in [1.82, 2.24) is 15.1 Å². The normalized spacial score (nSPS) is 12.8. The van der Waals surface area contributed by atoms with Crippen LogP contribution in [0.4, 0.5) is 0 Å². The molecule has 0 saturated heterocycles. The zero-order chi connectivity index (χ0) is 23.1. The quantitative estimate of drug-likeness (QED) is 0.300. The zero-order valence-electron chi connectivity index (χ0n) is 18.1. The fourth-order valence-corrected chi connectivity index (χ4v) is 3.05. The highest BCUT2D eigenvalue weighted by molar-refractivity contribution is 6.02. The van der Waals surface area contributed by atoms with Crippen molar-refractivity contribution in [3.8, 4) is 11.5 Å². The molecule has 1 unspecified atom stereocenters. The molecule has 0 aliphatic heterocycles. The third-order valence-electron chi connectivity index (χ3n) is 4.53. The number of nitrogens with zero attached hydrogens (tertiary/aromatic N) is 3. The lowest BCUT2D eigenvalue weighted by Crippen LogP contribution is -2.32. The molecule has 0 spiro atoms. The Hall–Kier alpha value is -3.46. The number of aliphatic hydroxyl groups is 1. The van der Waals surface area contributed by atoms with E-state index in [1.807, 2.05) is 13.8 Å². The Morgan fingerprint density at radius 2 is 1.81 bits per heavy atom. The van der Waals surface area contributed by atoms with Crippen LogP contribution in [-0.2, 0) is 4.79 Å². The highest BCUT2D eigenvalue weighted by Gasteiger charge is 2.21. The third-order valence-corrected chi connectivity index (χ3v) is 4.53. The molecular formula is C22H29N5O4. The fraction of sp³-hybridized carbons (Fsp3) is 0.364. The van der Waals surface area contributed by atoms with Crippen molar-refractivity contribution in [3.05, 3.63) is 53.4 Å². The van der Waals surface area contributed by atoms with Crippen LogP contribution < -0.4 is 11.5 Å². The van der Waals surface area contributed by atoms with Crippen molar-refractivity contribution in [2.75, 3.05) is 13.1 Å². The van der Waals surface area contributed by atoms with E-state index in [0.717, 1.165) is 18.9 Å². The molecule has 0 aliphatic rings. The maximum absolute atomic E-state index is 13.2. The molecule has 1 heterocycles. The molecule has 0 aliphatic carbocycles. The number of rotatable bonds is 10. The van der Waals surface area contributed by atoms with Gasteiger partial charge in [0.25, 0.3) is 11.8 Å². The van der Waals surface area contributed by atoms with E-state index in [4.69, 9.17) is 15.9 Å². The Bertz CT molecular complexity index is 988. The number of aromatic nitrogens is 2. The van der Waals surface area contributed by atoms with Crippen LogP contribution in [0.5, 0.6) is 0 Å². The van der Waals surface area contributed by atoms with Crippen LogP contribution in [-0.4, -0.2) is 45.1 Å². The van der Waals surface area contributed by atoms with Crippen LogP contribution in [0.25, 0.3) is 17.2 Å². The average Bonchev–Trinajstić information content (AvgIpc) is 3.23. The zero-order valence-corrected chi connectivity index (χ0v) is 18.1. The topological polar surface area (TPSA) is 149 Å². The minimum absolute atomic E-state index is 0.132. The number of primary amides is 1. The van der Waals surface area contributed by atoms with Gasteiger partial charge in [-0.2, -0.15) is 0 Å². The van der Waals surface area contributed by atoms with Gasteiger partial charge in [0.05, 0.1) is 11.6 Å². The lowest BCUT2D eigenvalue weighted by atomic mass is 10.0. The minimum Gasteiger partial charge on any atom is -0.506 e. The summed E-state index contributed by atoms with van der Waals surface area (Å²) in [5, 5.41) is 18.6. The molecule has 1 aromatic heterocycles. The predicted molar refractivity (Wildman–Crippen MR) is 118 cm³/mol. The molecular weight excluding hydrogens is 398 g/mol. The van der Waals surface area contributed by atoms with Crippen molar-refractivity contribution in [1.29, 1.82) is 0 Å². The van der Waals surface area contributed by atoms with Crippen LogP contribution in [0.15, 0.2) is 40.8 Å². The molecule has 2 rings (SSSR count). The first kappa shape index (κ1) is 23.8. The minimum atomic E-state index is -0.846. The van der Waals surface area contributed by atoms with E-state index in [1.54, 1.807) is 17.9 Å². The largest absolute Gasteiger partial charge is 0.506 e. The van der Waals surface area contributed by atoms with E-state index in [9.17, 15) is 14.7 Å². The van der Waals surface area contributed by atoms with Gasteiger partial charge in [0.15, 0.2) is 0 Å². The summed E-state index contributed by atoms with van der Waals surface area (Å²) in [6.07, 6.45) is 2.76. The van der Waals surface area contributed by atoms with Crippen LogP contribution >= 0.6 is 0 Å². The van der Waals surface area contributed by atoms with E-state index >= 15 is 0 Å². The van der Waals surface area contributed by atoms with E-state index in [1.165, 1.54) is 12.1 Å². The maximum Gasteiger partial charge on any atom is 0.253 e. The van der Waals surface area contributed by atoms with Crippen LogP contribution in [0.3, 0.4) is 0 Å². The first-order valence-electron chi connectivity index (χ1n) is 10.1. The van der Waals surface area contributed by atoms with Crippen LogP contribution in [0, 0.1) is 0 Å². The maximum atomic E-state index is 13.2. The van der Waals surface area contributed by atoms with E-state index in [-0.39, 0.29) is 28.8 Å². The Kier molecular flexibility index (Phi) is 8.09. The van der Waals surface area contributed by atoms with Crippen LogP contribution in [0.1, 0.15) is 61.5 Å². The first-order chi connectivity index (χ1) is 14.7. The number of carbonyl (C=O) groups excluding carboxylic acids is 2. The second-order valence-electron chi connectivity index (χ2n) is 7.16. The van der Waals surface area contributed by atoms with Gasteiger partial charge in [-0.3, -0.25) is 9.59 Å². The van der Waals surface area contributed by atoms with Gasteiger partial charge in [-0.05, 0) is 38.0 Å². The van der Waals surface area contributed by atoms with Crippen molar-refractivity contribution < 1.29 is 19.1 Å². The highest BCUT2D eigenvalue weighted by Crippen LogP contribution is 2.27. The summed E-state index contributed by atoms with van der Waals surface area (Å²) >= 11 is 0. The predicted octanol–water partition coefficient (Wildman–Crippen LogP) is 2.96. The van der Waals surface area contributed by atoms with E-state index in [2.05, 4.69) is 16.8 Å². The summed E-state index contributed by atoms with van der Waals surface area (Å²) in [5.41, 5.74) is 11.9. The van der Waals surface area contributed by atoms with Gasteiger partial charge < -0.3 is 25.9 Å². The van der Waals surface area contributed by atoms with Gasteiger partial charge in [0.2, 0.25) is 11.8 Å². The van der Waals surface area contributed by atoms with Crippen molar-refractivity contribution in [2.24, 2.45) is 11.5 Å². The number of amides is 2. The SMILES string of the molecule is C=C/C(C(N)=O)=C(\O)c1cc(C(=O)N(CCC)CCC)cc(-c2nnc(C(C)N)o2)c1.